The number of phenolic OH excluding ortho intramolecular Hbond substituents is 1. The van der Waals surface area contributed by atoms with Gasteiger partial charge in [-0.05, 0) is 35.6 Å². The Hall–Kier alpha value is -2.33. The van der Waals surface area contributed by atoms with Crippen LogP contribution in [-0.2, 0) is 6.42 Å². The molecule has 3 nitrogen and oxygen atoms in total. The fourth-order valence-electron chi connectivity index (χ4n) is 2.54. The second-order valence-corrected chi connectivity index (χ2v) is 6.18. The molecule has 2 N–H and O–H groups in total. The van der Waals surface area contributed by atoms with Crippen molar-refractivity contribution >= 4 is 33.0 Å². The van der Waals surface area contributed by atoms with Crippen molar-refractivity contribution in [1.29, 1.82) is 0 Å². The summed E-state index contributed by atoms with van der Waals surface area (Å²) in [4.78, 5) is 13.3. The Morgan fingerprint density at radius 1 is 1.14 bits per heavy atom. The van der Waals surface area contributed by atoms with Crippen molar-refractivity contribution in [3.8, 4) is 5.75 Å². The van der Waals surface area contributed by atoms with Crippen molar-refractivity contribution in [3.05, 3.63) is 59.0 Å². The average Bonchev–Trinajstić information content (AvgIpc) is 2.89. The van der Waals surface area contributed by atoms with Crippen LogP contribution in [0.15, 0.2) is 48.5 Å². The predicted molar refractivity (Wildman–Crippen MR) is 91.9 cm³/mol. The van der Waals surface area contributed by atoms with E-state index in [0.29, 0.717) is 5.69 Å². The first-order valence-electron chi connectivity index (χ1n) is 7.30. The van der Waals surface area contributed by atoms with Gasteiger partial charge in [-0.15, -0.1) is 11.3 Å². The molecule has 0 saturated carbocycles. The number of amides is 1. The number of para-hydroxylation sites is 2. The van der Waals surface area contributed by atoms with E-state index in [1.54, 1.807) is 24.3 Å². The van der Waals surface area contributed by atoms with Gasteiger partial charge in [-0.25, -0.2) is 0 Å². The lowest BCUT2D eigenvalue weighted by Gasteiger charge is -2.07. The van der Waals surface area contributed by atoms with Crippen molar-refractivity contribution in [3.63, 3.8) is 0 Å². The molecule has 1 aromatic heterocycles. The molecule has 0 unspecified atom stereocenters. The van der Waals surface area contributed by atoms with E-state index in [0.717, 1.165) is 33.4 Å². The fourth-order valence-corrected chi connectivity index (χ4v) is 3.69. The van der Waals surface area contributed by atoms with Gasteiger partial charge in [0.05, 0.1) is 10.6 Å². The lowest BCUT2D eigenvalue weighted by Crippen LogP contribution is -2.12. The quantitative estimate of drug-likeness (QED) is 0.679. The van der Waals surface area contributed by atoms with Gasteiger partial charge in [0.25, 0.3) is 5.91 Å². The van der Waals surface area contributed by atoms with Crippen LogP contribution in [0, 0.1) is 0 Å². The molecule has 3 aromatic rings. The Bertz CT molecular complexity index is 823. The summed E-state index contributed by atoms with van der Waals surface area (Å²) in [6, 6.07) is 14.9. The Morgan fingerprint density at radius 3 is 2.64 bits per heavy atom. The third-order valence-electron chi connectivity index (χ3n) is 3.56. The van der Waals surface area contributed by atoms with Gasteiger partial charge < -0.3 is 10.4 Å². The van der Waals surface area contributed by atoms with Crippen molar-refractivity contribution in [2.24, 2.45) is 0 Å². The smallest absolute Gasteiger partial charge is 0.266 e. The highest BCUT2D eigenvalue weighted by atomic mass is 32.1. The van der Waals surface area contributed by atoms with Crippen LogP contribution >= 0.6 is 11.3 Å². The number of rotatable bonds is 4. The van der Waals surface area contributed by atoms with E-state index < -0.39 is 0 Å². The number of nitrogens with one attached hydrogen (secondary N) is 1. The van der Waals surface area contributed by atoms with E-state index in [1.807, 2.05) is 18.2 Å². The highest BCUT2D eigenvalue weighted by molar-refractivity contribution is 7.21. The highest BCUT2D eigenvalue weighted by Crippen LogP contribution is 2.33. The number of carbonyl (C=O) groups is 1. The Balaban J connectivity index is 2.00. The van der Waals surface area contributed by atoms with Crippen molar-refractivity contribution in [1.82, 2.24) is 0 Å². The summed E-state index contributed by atoms with van der Waals surface area (Å²) in [5, 5.41) is 13.8. The van der Waals surface area contributed by atoms with E-state index in [1.165, 1.54) is 11.3 Å². The molecule has 0 aliphatic heterocycles. The van der Waals surface area contributed by atoms with Gasteiger partial charge in [-0.2, -0.15) is 0 Å². The van der Waals surface area contributed by atoms with Gasteiger partial charge in [0.1, 0.15) is 5.75 Å². The van der Waals surface area contributed by atoms with Crippen LogP contribution in [0.5, 0.6) is 5.75 Å². The first-order chi connectivity index (χ1) is 10.7. The van der Waals surface area contributed by atoms with Crippen LogP contribution in [-0.4, -0.2) is 11.0 Å². The minimum Gasteiger partial charge on any atom is -0.506 e. The molecule has 0 aliphatic carbocycles. The zero-order chi connectivity index (χ0) is 15.5. The normalized spacial score (nSPS) is 10.8. The highest BCUT2D eigenvalue weighted by Gasteiger charge is 2.18. The van der Waals surface area contributed by atoms with E-state index >= 15 is 0 Å². The molecule has 3 rings (SSSR count). The number of thiophene rings is 1. The number of carbonyl (C=O) groups excluding carboxylic acids is 1. The molecule has 112 valence electrons. The predicted octanol–water partition coefficient (Wildman–Crippen LogP) is 4.81. The molecule has 0 atom stereocenters. The van der Waals surface area contributed by atoms with Crippen LogP contribution in [0.2, 0.25) is 0 Å². The number of benzene rings is 2. The molecule has 0 bridgehead atoms. The molecule has 4 heteroatoms. The van der Waals surface area contributed by atoms with Gasteiger partial charge >= 0.3 is 0 Å². The van der Waals surface area contributed by atoms with Gasteiger partial charge in [0, 0.05) is 4.70 Å². The third kappa shape index (κ3) is 2.70. The van der Waals surface area contributed by atoms with E-state index in [2.05, 4.69) is 18.3 Å². The first kappa shape index (κ1) is 14.6. The first-order valence-corrected chi connectivity index (χ1v) is 8.12. The lowest BCUT2D eigenvalue weighted by molar-refractivity contribution is 0.102. The number of aryl methyl sites for hydroxylation is 1. The topological polar surface area (TPSA) is 49.3 Å². The van der Waals surface area contributed by atoms with Gasteiger partial charge in [-0.3, -0.25) is 4.79 Å². The van der Waals surface area contributed by atoms with E-state index in [9.17, 15) is 9.90 Å². The monoisotopic (exact) mass is 311 g/mol. The lowest BCUT2D eigenvalue weighted by atomic mass is 10.1. The minimum absolute atomic E-state index is 0.0778. The summed E-state index contributed by atoms with van der Waals surface area (Å²) >= 11 is 1.50. The second kappa shape index (κ2) is 6.20. The maximum atomic E-state index is 12.6. The minimum atomic E-state index is -0.161. The zero-order valence-corrected chi connectivity index (χ0v) is 13.1. The summed E-state index contributed by atoms with van der Waals surface area (Å²) in [7, 11) is 0. The SMILES string of the molecule is CCCc1c(C(=O)Nc2ccccc2O)sc2ccccc12. The number of anilines is 1. The maximum Gasteiger partial charge on any atom is 0.266 e. The van der Waals surface area contributed by atoms with E-state index in [-0.39, 0.29) is 11.7 Å². The maximum absolute atomic E-state index is 12.6. The third-order valence-corrected chi connectivity index (χ3v) is 4.77. The number of aromatic hydroxyl groups is 1. The summed E-state index contributed by atoms with van der Waals surface area (Å²) in [6.07, 6.45) is 1.85. The number of hydrogen-bond donors (Lipinski definition) is 2. The molecule has 0 saturated heterocycles. The zero-order valence-electron chi connectivity index (χ0n) is 12.3. The Kier molecular flexibility index (Phi) is 4.11. The van der Waals surface area contributed by atoms with Crippen LogP contribution in [0.25, 0.3) is 10.1 Å². The fraction of sp³-hybridized carbons (Fsp3) is 0.167. The van der Waals surface area contributed by atoms with Crippen LogP contribution < -0.4 is 5.32 Å². The molecular weight excluding hydrogens is 294 g/mol. The molecule has 2 aromatic carbocycles. The summed E-state index contributed by atoms with van der Waals surface area (Å²) in [5.41, 5.74) is 1.53. The van der Waals surface area contributed by atoms with Crippen LogP contribution in [0.3, 0.4) is 0 Å². The molecule has 0 spiro atoms. The van der Waals surface area contributed by atoms with Crippen LogP contribution in [0.1, 0.15) is 28.6 Å². The molecule has 0 aliphatic rings. The van der Waals surface area contributed by atoms with Crippen LogP contribution in [0.4, 0.5) is 5.69 Å². The van der Waals surface area contributed by atoms with Crippen molar-refractivity contribution in [2.45, 2.75) is 19.8 Å². The molecular formula is C18H17NO2S. The molecule has 0 radical (unpaired) electrons. The van der Waals surface area contributed by atoms with Gasteiger partial charge in [0.2, 0.25) is 0 Å². The van der Waals surface area contributed by atoms with Crippen molar-refractivity contribution < 1.29 is 9.90 Å². The Labute approximate surface area is 133 Å². The summed E-state index contributed by atoms with van der Waals surface area (Å²) in [6.45, 7) is 2.11. The van der Waals surface area contributed by atoms with Crippen molar-refractivity contribution in [2.75, 3.05) is 5.32 Å². The Morgan fingerprint density at radius 2 is 1.86 bits per heavy atom. The molecule has 1 amide bonds. The second-order valence-electron chi connectivity index (χ2n) is 5.13. The average molecular weight is 311 g/mol. The van der Waals surface area contributed by atoms with Gasteiger partial charge in [-0.1, -0.05) is 43.7 Å². The number of hydrogen-bond acceptors (Lipinski definition) is 3. The van der Waals surface area contributed by atoms with E-state index in [4.69, 9.17) is 0 Å². The standard InChI is InChI=1S/C18H17NO2S/c1-2-7-13-12-8-3-6-11-16(12)22-17(13)18(21)19-14-9-4-5-10-15(14)20/h3-6,8-11,20H,2,7H2,1H3,(H,19,21). The summed E-state index contributed by atoms with van der Waals surface area (Å²) in [5.74, 6) is -0.0832. The molecule has 0 fully saturated rings. The largest absolute Gasteiger partial charge is 0.506 e. The number of fused-ring (bicyclic) bond motifs is 1. The molecule has 22 heavy (non-hydrogen) atoms. The summed E-state index contributed by atoms with van der Waals surface area (Å²) < 4.78 is 1.12. The molecule has 1 heterocycles. The van der Waals surface area contributed by atoms with Gasteiger partial charge in [0.15, 0.2) is 0 Å². The number of phenols is 1.